The van der Waals surface area contributed by atoms with Gasteiger partial charge in [0.25, 0.3) is 5.56 Å². The number of rotatable bonds is 4. The maximum absolute atomic E-state index is 12.6. The van der Waals surface area contributed by atoms with E-state index in [1.807, 2.05) is 31.2 Å². The van der Waals surface area contributed by atoms with Crippen LogP contribution in [0.25, 0.3) is 22.4 Å². The van der Waals surface area contributed by atoms with Crippen molar-refractivity contribution in [2.24, 2.45) is 14.1 Å². The Morgan fingerprint density at radius 2 is 1.87 bits per heavy atom. The first-order valence-electron chi connectivity index (χ1n) is 8.90. The van der Waals surface area contributed by atoms with Crippen LogP contribution in [-0.4, -0.2) is 29.6 Å². The van der Waals surface area contributed by atoms with Crippen LogP contribution < -0.4 is 16.6 Å². The van der Waals surface area contributed by atoms with Crippen LogP contribution in [0.5, 0.6) is 0 Å². The van der Waals surface area contributed by atoms with Crippen LogP contribution in [0.2, 0.25) is 0 Å². The lowest BCUT2D eigenvalue weighted by molar-refractivity contribution is -0.116. The van der Waals surface area contributed by atoms with E-state index in [-0.39, 0.29) is 23.6 Å². The molecule has 0 aliphatic heterocycles. The van der Waals surface area contributed by atoms with E-state index in [1.165, 1.54) is 40.9 Å². The summed E-state index contributed by atoms with van der Waals surface area (Å²) in [5, 5.41) is 3.25. The number of amides is 1. The fourth-order valence-corrected chi connectivity index (χ4v) is 4.27. The highest BCUT2D eigenvalue weighted by molar-refractivity contribution is 9.10. The summed E-state index contributed by atoms with van der Waals surface area (Å²) in [6.45, 7) is 1.81. The second-order valence-corrected chi connectivity index (χ2v) is 8.85. The number of nitrogens with one attached hydrogen (secondary N) is 1. The Morgan fingerprint density at radius 1 is 1.17 bits per heavy atom. The third-order valence-electron chi connectivity index (χ3n) is 4.69. The molecule has 0 aliphatic carbocycles. The number of hydrogen-bond donors (Lipinski definition) is 1. The van der Waals surface area contributed by atoms with Crippen molar-refractivity contribution in [2.75, 3.05) is 5.32 Å². The second-order valence-electron chi connectivity index (χ2n) is 6.73. The average Bonchev–Trinajstić information content (AvgIpc) is 3.28. The fourth-order valence-electron chi connectivity index (χ4n) is 3.16. The van der Waals surface area contributed by atoms with E-state index >= 15 is 0 Å². The number of carbonyl (C=O) groups is 1. The third-order valence-corrected chi connectivity index (χ3v) is 6.11. The lowest BCUT2D eigenvalue weighted by atomic mass is 10.1. The Morgan fingerprint density at radius 3 is 2.57 bits per heavy atom. The summed E-state index contributed by atoms with van der Waals surface area (Å²) >= 11 is 4.79. The summed E-state index contributed by atoms with van der Waals surface area (Å²) in [6, 6.07) is 7.78. The quantitative estimate of drug-likeness (QED) is 0.474. The van der Waals surface area contributed by atoms with Gasteiger partial charge in [-0.2, -0.15) is 0 Å². The minimum atomic E-state index is -0.499. The number of thiazole rings is 1. The molecule has 0 spiro atoms. The molecule has 4 aromatic rings. The van der Waals surface area contributed by atoms with Crippen molar-refractivity contribution in [3.05, 3.63) is 60.8 Å². The fraction of sp³-hybridized carbons (Fsp3) is 0.211. The molecule has 0 bridgehead atoms. The molecule has 1 aromatic carbocycles. The summed E-state index contributed by atoms with van der Waals surface area (Å²) in [5.41, 5.74) is 1.22. The Labute approximate surface area is 182 Å². The van der Waals surface area contributed by atoms with E-state index in [0.29, 0.717) is 5.13 Å². The van der Waals surface area contributed by atoms with Gasteiger partial charge in [-0.25, -0.2) is 14.8 Å². The van der Waals surface area contributed by atoms with E-state index in [4.69, 9.17) is 0 Å². The first kappa shape index (κ1) is 20.2. The SMILES string of the molecule is Cc1sc(NC(=O)Cn2cnc3c2c(=O)n(C)c(=O)n3C)nc1-c1ccc(Br)cc1. The van der Waals surface area contributed by atoms with E-state index in [1.54, 1.807) is 0 Å². The van der Waals surface area contributed by atoms with Crippen molar-refractivity contribution in [2.45, 2.75) is 13.5 Å². The summed E-state index contributed by atoms with van der Waals surface area (Å²) in [4.78, 5) is 46.8. The summed E-state index contributed by atoms with van der Waals surface area (Å²) in [7, 11) is 2.92. The number of halogens is 1. The van der Waals surface area contributed by atoms with Crippen molar-refractivity contribution in [3.63, 3.8) is 0 Å². The smallest absolute Gasteiger partial charge is 0.315 e. The Hall–Kier alpha value is -3.05. The highest BCUT2D eigenvalue weighted by Crippen LogP contribution is 2.31. The second kappa shape index (κ2) is 7.65. The minimum Gasteiger partial charge on any atom is -0.315 e. The van der Waals surface area contributed by atoms with Crippen molar-refractivity contribution in [3.8, 4) is 11.3 Å². The monoisotopic (exact) mass is 488 g/mol. The van der Waals surface area contributed by atoms with Gasteiger partial charge in [-0.05, 0) is 19.1 Å². The highest BCUT2D eigenvalue weighted by Gasteiger charge is 2.17. The lowest BCUT2D eigenvalue weighted by Crippen LogP contribution is -2.37. The lowest BCUT2D eigenvalue weighted by Gasteiger charge is -2.06. The van der Waals surface area contributed by atoms with Gasteiger partial charge in [-0.3, -0.25) is 18.7 Å². The zero-order valence-electron chi connectivity index (χ0n) is 16.3. The Kier molecular flexibility index (Phi) is 5.16. The van der Waals surface area contributed by atoms with Crippen LogP contribution in [0, 0.1) is 6.92 Å². The molecule has 4 rings (SSSR count). The molecule has 1 N–H and O–H groups in total. The highest BCUT2D eigenvalue weighted by atomic mass is 79.9. The maximum Gasteiger partial charge on any atom is 0.332 e. The van der Waals surface area contributed by atoms with Gasteiger partial charge >= 0.3 is 5.69 Å². The molecular weight excluding hydrogens is 472 g/mol. The molecule has 0 fully saturated rings. The van der Waals surface area contributed by atoms with E-state index < -0.39 is 11.2 Å². The van der Waals surface area contributed by atoms with Gasteiger partial charge in [0.05, 0.1) is 12.0 Å². The van der Waals surface area contributed by atoms with Crippen LogP contribution in [0.1, 0.15) is 4.88 Å². The number of benzene rings is 1. The number of aryl methyl sites for hydroxylation is 2. The van der Waals surface area contributed by atoms with E-state index in [0.717, 1.165) is 25.2 Å². The molecule has 0 saturated carbocycles. The van der Waals surface area contributed by atoms with Gasteiger partial charge in [0.15, 0.2) is 16.3 Å². The van der Waals surface area contributed by atoms with Gasteiger partial charge in [0.1, 0.15) is 6.54 Å². The van der Waals surface area contributed by atoms with Gasteiger partial charge in [0, 0.05) is 29.0 Å². The molecule has 0 atom stereocenters. The summed E-state index contributed by atoms with van der Waals surface area (Å²) < 4.78 is 4.68. The average molecular weight is 489 g/mol. The van der Waals surface area contributed by atoms with Crippen LogP contribution in [-0.2, 0) is 25.4 Å². The number of hydrogen-bond acceptors (Lipinski definition) is 6. The first-order chi connectivity index (χ1) is 14.3. The van der Waals surface area contributed by atoms with E-state index in [9.17, 15) is 14.4 Å². The van der Waals surface area contributed by atoms with Crippen molar-refractivity contribution in [1.29, 1.82) is 0 Å². The zero-order chi connectivity index (χ0) is 21.6. The molecule has 11 heteroatoms. The van der Waals surface area contributed by atoms with Crippen LogP contribution in [0.3, 0.4) is 0 Å². The first-order valence-corrected chi connectivity index (χ1v) is 10.5. The summed E-state index contributed by atoms with van der Waals surface area (Å²) in [5.74, 6) is -0.346. The Balaban J connectivity index is 1.59. The zero-order valence-corrected chi connectivity index (χ0v) is 18.7. The molecule has 1 amide bonds. The predicted molar refractivity (Wildman–Crippen MR) is 119 cm³/mol. The van der Waals surface area contributed by atoms with Gasteiger partial charge in [-0.1, -0.05) is 28.1 Å². The van der Waals surface area contributed by atoms with Crippen LogP contribution >= 0.6 is 27.3 Å². The number of anilines is 1. The van der Waals surface area contributed by atoms with Crippen molar-refractivity contribution < 1.29 is 4.79 Å². The van der Waals surface area contributed by atoms with Crippen LogP contribution in [0.15, 0.2) is 44.7 Å². The number of carbonyl (C=O) groups excluding carboxylic acids is 1. The topological polar surface area (TPSA) is 104 Å². The third kappa shape index (κ3) is 3.50. The number of nitrogens with zero attached hydrogens (tertiary/aromatic N) is 5. The van der Waals surface area contributed by atoms with Crippen molar-refractivity contribution in [1.82, 2.24) is 23.7 Å². The van der Waals surface area contributed by atoms with Crippen molar-refractivity contribution >= 4 is 49.5 Å². The molecular formula is C19H17BrN6O3S. The number of fused-ring (bicyclic) bond motifs is 1. The molecule has 3 aromatic heterocycles. The minimum absolute atomic E-state index is 0.129. The van der Waals surface area contributed by atoms with Gasteiger partial charge < -0.3 is 9.88 Å². The van der Waals surface area contributed by atoms with Gasteiger partial charge in [-0.15, -0.1) is 11.3 Å². The largest absolute Gasteiger partial charge is 0.332 e. The number of imidazole rings is 1. The number of aromatic nitrogens is 5. The normalized spacial score (nSPS) is 11.2. The molecule has 0 saturated heterocycles. The molecule has 30 heavy (non-hydrogen) atoms. The van der Waals surface area contributed by atoms with E-state index in [2.05, 4.69) is 31.2 Å². The summed E-state index contributed by atoms with van der Waals surface area (Å²) in [6.07, 6.45) is 1.38. The van der Waals surface area contributed by atoms with Crippen LogP contribution in [0.4, 0.5) is 5.13 Å². The predicted octanol–water partition coefficient (Wildman–Crippen LogP) is 2.27. The Bertz CT molecular complexity index is 1400. The molecule has 154 valence electrons. The molecule has 0 aliphatic rings. The molecule has 9 nitrogen and oxygen atoms in total. The molecule has 0 radical (unpaired) electrons. The van der Waals surface area contributed by atoms with Gasteiger partial charge in [0.2, 0.25) is 5.91 Å². The standard InChI is InChI=1S/C19H17BrN6O3S/c1-10-14(11-4-6-12(20)7-5-11)23-18(30-10)22-13(27)8-26-9-21-16-15(26)17(28)25(3)19(29)24(16)2/h4-7,9H,8H2,1-3H3,(H,22,23,27). The maximum atomic E-state index is 12.6. The molecule has 3 heterocycles. The molecule has 0 unspecified atom stereocenters.